The van der Waals surface area contributed by atoms with Gasteiger partial charge in [0.15, 0.2) is 0 Å². The molecule has 174 valence electrons. The smallest absolute Gasteiger partial charge is 0.410 e. The Kier molecular flexibility index (Phi) is 7.19. The highest BCUT2D eigenvalue weighted by Gasteiger charge is 2.27. The maximum absolute atomic E-state index is 12.3. The number of rotatable bonds is 3. The predicted molar refractivity (Wildman–Crippen MR) is 130 cm³/mol. The first kappa shape index (κ1) is 24.4. The topological polar surface area (TPSA) is 76.9 Å². The van der Waals surface area contributed by atoms with Crippen molar-refractivity contribution in [3.63, 3.8) is 0 Å². The van der Waals surface area contributed by atoms with Crippen molar-refractivity contribution in [2.24, 2.45) is 0 Å². The van der Waals surface area contributed by atoms with Crippen molar-refractivity contribution in [1.82, 2.24) is 9.80 Å². The quantitative estimate of drug-likeness (QED) is 0.656. The summed E-state index contributed by atoms with van der Waals surface area (Å²) < 4.78 is 5.46. The number of carbonyl (C=O) groups is 2. The van der Waals surface area contributed by atoms with Gasteiger partial charge in [0, 0.05) is 40.3 Å². The van der Waals surface area contributed by atoms with Gasteiger partial charge in [0.2, 0.25) is 0 Å². The lowest BCUT2D eigenvalue weighted by Crippen LogP contribution is -2.50. The van der Waals surface area contributed by atoms with E-state index >= 15 is 0 Å². The van der Waals surface area contributed by atoms with E-state index in [0.717, 1.165) is 16.8 Å². The second-order valence-electron chi connectivity index (χ2n) is 9.19. The lowest BCUT2D eigenvalue weighted by molar-refractivity contribution is 0.0240. The fraction of sp³-hybridized carbons (Fsp3) is 0.400. The molecule has 1 aliphatic rings. The molecule has 33 heavy (non-hydrogen) atoms. The zero-order valence-corrected chi connectivity index (χ0v) is 20.4. The van der Waals surface area contributed by atoms with Crippen LogP contribution in [0.25, 0.3) is 11.1 Å². The minimum atomic E-state index is -0.529. The molecule has 0 spiro atoms. The standard InChI is InChI=1S/C25H29ClN4O3/c1-25(2,3)33-24(32)30-12-10-29(11-13-30)22-9-7-17(14-19(22)16-27)18-6-8-20(21(26)15-18)23(31)28(4)5/h6-9,14-15H,10-13H2,1-5H3. The van der Waals surface area contributed by atoms with Crippen molar-refractivity contribution in [3.8, 4) is 17.2 Å². The van der Waals surface area contributed by atoms with Crippen molar-refractivity contribution in [2.45, 2.75) is 26.4 Å². The number of halogens is 1. The summed E-state index contributed by atoms with van der Waals surface area (Å²) in [5.74, 6) is -0.162. The molecule has 3 rings (SSSR count). The monoisotopic (exact) mass is 468 g/mol. The molecule has 0 N–H and O–H groups in total. The van der Waals surface area contributed by atoms with E-state index in [0.29, 0.717) is 42.3 Å². The summed E-state index contributed by atoms with van der Waals surface area (Å²) in [4.78, 5) is 29.8. The van der Waals surface area contributed by atoms with E-state index in [-0.39, 0.29) is 12.0 Å². The molecule has 0 radical (unpaired) electrons. The number of piperazine rings is 1. The Morgan fingerprint density at radius 2 is 1.64 bits per heavy atom. The Labute approximate surface area is 200 Å². The van der Waals surface area contributed by atoms with Gasteiger partial charge in [-0.05, 0) is 56.2 Å². The normalized spacial score (nSPS) is 14.0. The Morgan fingerprint density at radius 3 is 2.18 bits per heavy atom. The summed E-state index contributed by atoms with van der Waals surface area (Å²) in [6.45, 7) is 7.83. The number of amides is 2. The molecule has 0 atom stereocenters. The first-order valence-corrected chi connectivity index (χ1v) is 11.2. The number of ether oxygens (including phenoxy) is 1. The molecular formula is C25H29ClN4O3. The van der Waals surface area contributed by atoms with Crippen molar-refractivity contribution in [3.05, 3.63) is 52.5 Å². The van der Waals surface area contributed by atoms with Gasteiger partial charge >= 0.3 is 6.09 Å². The molecule has 1 saturated heterocycles. The van der Waals surface area contributed by atoms with E-state index in [1.54, 1.807) is 31.1 Å². The fourth-order valence-electron chi connectivity index (χ4n) is 3.65. The zero-order valence-electron chi connectivity index (χ0n) is 19.7. The van der Waals surface area contributed by atoms with Crippen LogP contribution >= 0.6 is 11.6 Å². The second kappa shape index (κ2) is 9.72. The number of benzene rings is 2. The molecule has 8 heteroatoms. The molecule has 7 nitrogen and oxygen atoms in total. The molecule has 2 amide bonds. The molecular weight excluding hydrogens is 440 g/mol. The largest absolute Gasteiger partial charge is 0.444 e. The van der Waals surface area contributed by atoms with Gasteiger partial charge in [0.25, 0.3) is 5.91 Å². The summed E-state index contributed by atoms with van der Waals surface area (Å²) >= 11 is 6.36. The Bertz CT molecular complexity index is 1090. The first-order valence-electron chi connectivity index (χ1n) is 10.8. The van der Waals surface area contributed by atoms with Gasteiger partial charge < -0.3 is 19.4 Å². The highest BCUT2D eigenvalue weighted by Crippen LogP contribution is 2.31. The predicted octanol–water partition coefficient (Wildman–Crippen LogP) is 4.64. The minimum Gasteiger partial charge on any atom is -0.444 e. The first-order chi connectivity index (χ1) is 15.5. The molecule has 0 bridgehead atoms. The fourth-order valence-corrected chi connectivity index (χ4v) is 3.91. The molecule has 2 aromatic rings. The van der Waals surface area contributed by atoms with Crippen LogP contribution in [0.5, 0.6) is 0 Å². The van der Waals surface area contributed by atoms with Crippen LogP contribution in [-0.2, 0) is 4.74 Å². The molecule has 0 aliphatic carbocycles. The van der Waals surface area contributed by atoms with E-state index in [2.05, 4.69) is 11.0 Å². The maximum Gasteiger partial charge on any atom is 0.410 e. The highest BCUT2D eigenvalue weighted by atomic mass is 35.5. The third-order valence-electron chi connectivity index (χ3n) is 5.33. The summed E-state index contributed by atoms with van der Waals surface area (Å²) in [7, 11) is 3.36. The van der Waals surface area contributed by atoms with E-state index in [1.807, 2.05) is 45.0 Å². The minimum absolute atomic E-state index is 0.162. The summed E-state index contributed by atoms with van der Waals surface area (Å²) in [6.07, 6.45) is -0.314. The number of nitriles is 1. The third kappa shape index (κ3) is 5.77. The molecule has 1 heterocycles. The molecule has 2 aromatic carbocycles. The Hall–Kier alpha value is -3.24. The van der Waals surface area contributed by atoms with Crippen molar-refractivity contribution >= 4 is 29.3 Å². The molecule has 0 saturated carbocycles. The van der Waals surface area contributed by atoms with Crippen molar-refractivity contribution < 1.29 is 14.3 Å². The van der Waals surface area contributed by atoms with Gasteiger partial charge in [-0.2, -0.15) is 5.26 Å². The summed E-state index contributed by atoms with van der Waals surface area (Å²) in [5.41, 5.74) is 2.95. The van der Waals surface area contributed by atoms with Gasteiger partial charge in [-0.25, -0.2) is 4.79 Å². The van der Waals surface area contributed by atoms with E-state index in [9.17, 15) is 14.9 Å². The van der Waals surface area contributed by atoms with Crippen LogP contribution in [0.4, 0.5) is 10.5 Å². The molecule has 0 unspecified atom stereocenters. The van der Waals surface area contributed by atoms with Gasteiger partial charge in [0.05, 0.1) is 21.8 Å². The highest BCUT2D eigenvalue weighted by molar-refractivity contribution is 6.34. The lowest BCUT2D eigenvalue weighted by Gasteiger charge is -2.37. The van der Waals surface area contributed by atoms with Crippen LogP contribution in [0.2, 0.25) is 5.02 Å². The average molecular weight is 469 g/mol. The van der Waals surface area contributed by atoms with Gasteiger partial charge in [-0.1, -0.05) is 23.7 Å². The van der Waals surface area contributed by atoms with E-state index < -0.39 is 5.60 Å². The van der Waals surface area contributed by atoms with Gasteiger partial charge in [0.1, 0.15) is 11.7 Å². The third-order valence-corrected chi connectivity index (χ3v) is 5.64. The van der Waals surface area contributed by atoms with Crippen molar-refractivity contribution in [2.75, 3.05) is 45.2 Å². The van der Waals surface area contributed by atoms with Gasteiger partial charge in [-0.15, -0.1) is 0 Å². The lowest BCUT2D eigenvalue weighted by atomic mass is 10.00. The Balaban J connectivity index is 1.76. The zero-order chi connectivity index (χ0) is 24.3. The number of hydrogen-bond donors (Lipinski definition) is 0. The molecule has 0 aromatic heterocycles. The van der Waals surface area contributed by atoms with Crippen LogP contribution in [0.1, 0.15) is 36.7 Å². The maximum atomic E-state index is 12.3. The van der Waals surface area contributed by atoms with Crippen LogP contribution < -0.4 is 4.90 Å². The molecule has 1 aliphatic heterocycles. The number of carbonyl (C=O) groups excluding carboxylic acids is 2. The van der Waals surface area contributed by atoms with Crippen LogP contribution in [0.15, 0.2) is 36.4 Å². The van der Waals surface area contributed by atoms with Gasteiger partial charge in [-0.3, -0.25) is 4.79 Å². The van der Waals surface area contributed by atoms with E-state index in [1.165, 1.54) is 4.90 Å². The Morgan fingerprint density at radius 1 is 1.03 bits per heavy atom. The average Bonchev–Trinajstić information content (AvgIpc) is 2.77. The number of hydrogen-bond acceptors (Lipinski definition) is 5. The summed E-state index contributed by atoms with van der Waals surface area (Å²) in [5, 5.41) is 10.2. The number of nitrogens with zero attached hydrogens (tertiary/aromatic N) is 4. The van der Waals surface area contributed by atoms with Crippen LogP contribution in [0, 0.1) is 11.3 Å². The van der Waals surface area contributed by atoms with Crippen LogP contribution in [0.3, 0.4) is 0 Å². The number of anilines is 1. The van der Waals surface area contributed by atoms with E-state index in [4.69, 9.17) is 16.3 Å². The van der Waals surface area contributed by atoms with Crippen LogP contribution in [-0.4, -0.2) is 67.7 Å². The SMILES string of the molecule is CN(C)C(=O)c1ccc(-c2ccc(N3CCN(C(=O)OC(C)(C)C)CC3)c(C#N)c2)cc1Cl. The molecule has 1 fully saturated rings. The second-order valence-corrected chi connectivity index (χ2v) is 9.60. The summed E-state index contributed by atoms with van der Waals surface area (Å²) in [6, 6.07) is 13.3. The van der Waals surface area contributed by atoms with Crippen molar-refractivity contribution in [1.29, 1.82) is 5.26 Å².